The molecule has 5 heteroatoms. The molecule has 0 saturated heterocycles. The minimum absolute atomic E-state index is 0.130. The van der Waals surface area contributed by atoms with Crippen molar-refractivity contribution >= 4 is 11.8 Å². The van der Waals surface area contributed by atoms with Crippen LogP contribution in [0.4, 0.5) is 0 Å². The number of nitrogens with zero attached hydrogens (tertiary/aromatic N) is 1. The average molecular weight is 220 g/mol. The second-order valence-corrected chi connectivity index (χ2v) is 3.71. The smallest absolute Gasteiger partial charge is 0.261 e. The summed E-state index contributed by atoms with van der Waals surface area (Å²) >= 11 is 0. The van der Waals surface area contributed by atoms with E-state index in [0.29, 0.717) is 11.1 Å². The van der Waals surface area contributed by atoms with Crippen molar-refractivity contribution in [3.63, 3.8) is 0 Å². The first-order valence-electron chi connectivity index (χ1n) is 4.95. The topological polar surface area (TPSA) is 72.6 Å². The summed E-state index contributed by atoms with van der Waals surface area (Å²) in [6, 6.07) is 6.39. The Labute approximate surface area is 92.7 Å². The lowest BCUT2D eigenvalue weighted by Crippen LogP contribution is -2.41. The summed E-state index contributed by atoms with van der Waals surface area (Å²) < 4.78 is 0. The summed E-state index contributed by atoms with van der Waals surface area (Å²) in [7, 11) is 0. The van der Waals surface area contributed by atoms with Gasteiger partial charge in [-0.15, -0.1) is 0 Å². The van der Waals surface area contributed by atoms with Gasteiger partial charge in [0.05, 0.1) is 23.8 Å². The van der Waals surface area contributed by atoms with Gasteiger partial charge in [0.2, 0.25) is 0 Å². The van der Waals surface area contributed by atoms with Gasteiger partial charge in [-0.25, -0.2) is 5.90 Å². The highest BCUT2D eigenvalue weighted by Gasteiger charge is 2.37. The molecule has 0 fully saturated rings. The standard InChI is InChI=1S/C11H12N2O3/c1-7(6-16-12)13-10(14)8-4-2-3-5-9(8)11(13)15/h2-5,7H,6,12H2,1H3/t7-/m0/s1. The molecule has 1 heterocycles. The lowest BCUT2D eigenvalue weighted by atomic mass is 10.1. The maximum absolute atomic E-state index is 11.9. The Morgan fingerprint density at radius 3 is 2.19 bits per heavy atom. The first-order valence-corrected chi connectivity index (χ1v) is 4.95. The average Bonchev–Trinajstić information content (AvgIpc) is 2.53. The van der Waals surface area contributed by atoms with Crippen LogP contribution in [0.5, 0.6) is 0 Å². The fraction of sp³-hybridized carbons (Fsp3) is 0.273. The lowest BCUT2D eigenvalue weighted by molar-refractivity contribution is 0.0429. The van der Waals surface area contributed by atoms with E-state index >= 15 is 0 Å². The van der Waals surface area contributed by atoms with Crippen molar-refractivity contribution in [3.8, 4) is 0 Å². The predicted octanol–water partition coefficient (Wildman–Crippen LogP) is 0.561. The maximum atomic E-state index is 11.9. The lowest BCUT2D eigenvalue weighted by Gasteiger charge is -2.20. The van der Waals surface area contributed by atoms with Crippen LogP contribution in [0.1, 0.15) is 27.6 Å². The fourth-order valence-corrected chi connectivity index (χ4v) is 1.82. The van der Waals surface area contributed by atoms with E-state index in [4.69, 9.17) is 5.90 Å². The molecule has 0 spiro atoms. The monoisotopic (exact) mass is 220 g/mol. The zero-order chi connectivity index (χ0) is 11.7. The summed E-state index contributed by atoms with van der Waals surface area (Å²) in [5.74, 6) is 4.37. The van der Waals surface area contributed by atoms with Crippen molar-refractivity contribution in [1.82, 2.24) is 4.90 Å². The number of imide groups is 1. The molecule has 0 aromatic heterocycles. The molecule has 0 saturated carbocycles. The van der Waals surface area contributed by atoms with E-state index in [2.05, 4.69) is 4.84 Å². The Morgan fingerprint density at radius 1 is 1.25 bits per heavy atom. The quantitative estimate of drug-likeness (QED) is 0.596. The van der Waals surface area contributed by atoms with E-state index in [1.165, 1.54) is 4.90 Å². The number of rotatable bonds is 3. The van der Waals surface area contributed by atoms with Crippen LogP contribution in [-0.4, -0.2) is 29.4 Å². The van der Waals surface area contributed by atoms with Crippen molar-refractivity contribution in [2.24, 2.45) is 5.90 Å². The third-order valence-electron chi connectivity index (χ3n) is 2.60. The van der Waals surface area contributed by atoms with Gasteiger partial charge in [-0.2, -0.15) is 0 Å². The zero-order valence-electron chi connectivity index (χ0n) is 8.84. The number of benzene rings is 1. The third-order valence-corrected chi connectivity index (χ3v) is 2.60. The second-order valence-electron chi connectivity index (χ2n) is 3.71. The molecule has 2 rings (SSSR count). The van der Waals surface area contributed by atoms with Crippen LogP contribution in [0.25, 0.3) is 0 Å². The molecule has 5 nitrogen and oxygen atoms in total. The molecule has 1 aromatic carbocycles. The van der Waals surface area contributed by atoms with Crippen LogP contribution in [0, 0.1) is 0 Å². The molecule has 16 heavy (non-hydrogen) atoms. The predicted molar refractivity (Wildman–Crippen MR) is 56.5 cm³/mol. The molecule has 0 radical (unpaired) electrons. The van der Waals surface area contributed by atoms with Crippen molar-refractivity contribution in [3.05, 3.63) is 35.4 Å². The van der Waals surface area contributed by atoms with Crippen LogP contribution in [0.2, 0.25) is 0 Å². The minimum Gasteiger partial charge on any atom is -0.302 e. The summed E-state index contributed by atoms with van der Waals surface area (Å²) in [6.07, 6.45) is 0. The van der Waals surface area contributed by atoms with Crippen LogP contribution < -0.4 is 5.90 Å². The third kappa shape index (κ3) is 1.50. The molecular weight excluding hydrogens is 208 g/mol. The largest absolute Gasteiger partial charge is 0.302 e. The fourth-order valence-electron chi connectivity index (χ4n) is 1.82. The summed E-state index contributed by atoms with van der Waals surface area (Å²) in [4.78, 5) is 29.5. The highest BCUT2D eigenvalue weighted by atomic mass is 16.6. The maximum Gasteiger partial charge on any atom is 0.261 e. The Balaban J connectivity index is 2.35. The van der Waals surface area contributed by atoms with Gasteiger partial charge in [-0.05, 0) is 19.1 Å². The zero-order valence-corrected chi connectivity index (χ0v) is 8.84. The Bertz CT molecular complexity index is 410. The van der Waals surface area contributed by atoms with E-state index < -0.39 is 0 Å². The SMILES string of the molecule is C[C@@H](CON)N1C(=O)c2ccccc2C1=O. The normalized spacial score (nSPS) is 16.5. The number of hydrogen-bond acceptors (Lipinski definition) is 4. The first-order chi connectivity index (χ1) is 7.66. The number of carbonyl (C=O) groups is 2. The number of carbonyl (C=O) groups excluding carboxylic acids is 2. The van der Waals surface area contributed by atoms with E-state index in [1.54, 1.807) is 31.2 Å². The van der Waals surface area contributed by atoms with Gasteiger partial charge < -0.3 is 4.84 Å². The highest BCUT2D eigenvalue weighted by Crippen LogP contribution is 2.24. The molecule has 1 aromatic rings. The van der Waals surface area contributed by atoms with Gasteiger partial charge in [0, 0.05) is 0 Å². The van der Waals surface area contributed by atoms with Crippen LogP contribution in [0.15, 0.2) is 24.3 Å². The molecule has 84 valence electrons. The Kier molecular flexibility index (Phi) is 2.72. The van der Waals surface area contributed by atoms with Crippen molar-refractivity contribution in [2.45, 2.75) is 13.0 Å². The summed E-state index contributed by atoms with van der Waals surface area (Å²) in [5.41, 5.74) is 0.882. The molecule has 1 aliphatic rings. The summed E-state index contributed by atoms with van der Waals surface area (Å²) in [6.45, 7) is 1.85. The van der Waals surface area contributed by atoms with Gasteiger partial charge in [0.1, 0.15) is 0 Å². The van der Waals surface area contributed by atoms with Crippen molar-refractivity contribution in [1.29, 1.82) is 0 Å². The van der Waals surface area contributed by atoms with Gasteiger partial charge in [0.15, 0.2) is 0 Å². The molecule has 0 unspecified atom stereocenters. The molecular formula is C11H12N2O3. The van der Waals surface area contributed by atoms with Gasteiger partial charge in [-0.3, -0.25) is 14.5 Å². The number of hydrogen-bond donors (Lipinski definition) is 1. The molecule has 1 aliphatic heterocycles. The van der Waals surface area contributed by atoms with Gasteiger partial charge >= 0.3 is 0 Å². The van der Waals surface area contributed by atoms with E-state index in [0.717, 1.165) is 0 Å². The van der Waals surface area contributed by atoms with Crippen LogP contribution >= 0.6 is 0 Å². The molecule has 2 amide bonds. The molecule has 1 atom stereocenters. The number of amides is 2. The highest BCUT2D eigenvalue weighted by molar-refractivity contribution is 6.21. The van der Waals surface area contributed by atoms with E-state index in [-0.39, 0.29) is 24.5 Å². The number of nitrogens with two attached hydrogens (primary N) is 1. The number of fused-ring (bicyclic) bond motifs is 1. The molecule has 0 aliphatic carbocycles. The molecule has 0 bridgehead atoms. The van der Waals surface area contributed by atoms with Crippen LogP contribution in [0.3, 0.4) is 0 Å². The van der Waals surface area contributed by atoms with Gasteiger partial charge in [-0.1, -0.05) is 12.1 Å². The Hall–Kier alpha value is -1.72. The van der Waals surface area contributed by atoms with E-state index in [9.17, 15) is 9.59 Å². The first kappa shape index (κ1) is 10.8. The van der Waals surface area contributed by atoms with Crippen LogP contribution in [-0.2, 0) is 4.84 Å². The minimum atomic E-state index is -0.364. The Morgan fingerprint density at radius 2 is 1.75 bits per heavy atom. The summed E-state index contributed by atoms with van der Waals surface area (Å²) in [5, 5.41) is 0. The van der Waals surface area contributed by atoms with Crippen molar-refractivity contribution < 1.29 is 14.4 Å². The van der Waals surface area contributed by atoms with Gasteiger partial charge in [0.25, 0.3) is 11.8 Å². The second kappa shape index (κ2) is 4.03. The molecule has 2 N–H and O–H groups in total. The van der Waals surface area contributed by atoms with Crippen molar-refractivity contribution in [2.75, 3.05) is 6.61 Å². The van der Waals surface area contributed by atoms with E-state index in [1.807, 2.05) is 0 Å².